The first kappa shape index (κ1) is 27.5. The van der Waals surface area contributed by atoms with Crippen LogP contribution >= 0.6 is 0 Å². The Hall–Kier alpha value is -2.54. The first-order valence-electron chi connectivity index (χ1n) is 11.7. The molecule has 0 saturated heterocycles. The summed E-state index contributed by atoms with van der Waals surface area (Å²) < 4.78 is 5.32. The van der Waals surface area contributed by atoms with E-state index in [9.17, 15) is 9.59 Å². The Morgan fingerprint density at radius 1 is 1.12 bits per heavy atom. The van der Waals surface area contributed by atoms with E-state index in [1.807, 2.05) is 37.1 Å². The zero-order valence-electron chi connectivity index (χ0n) is 20.4. The van der Waals surface area contributed by atoms with E-state index in [1.165, 1.54) is 12.8 Å². The summed E-state index contributed by atoms with van der Waals surface area (Å²) >= 11 is 0. The molecule has 3 N–H and O–H groups in total. The number of aryl methyl sites for hydroxylation is 1. The van der Waals surface area contributed by atoms with Gasteiger partial charge in [0.25, 0.3) is 0 Å². The Labute approximate surface area is 192 Å². The number of H-pyrrole nitrogens is 1. The molecule has 180 valence electrons. The van der Waals surface area contributed by atoms with Gasteiger partial charge < -0.3 is 25.0 Å². The third-order valence-corrected chi connectivity index (χ3v) is 5.36. The van der Waals surface area contributed by atoms with Crippen molar-refractivity contribution < 1.29 is 19.4 Å². The van der Waals surface area contributed by atoms with Crippen molar-refractivity contribution in [2.24, 2.45) is 0 Å². The van der Waals surface area contributed by atoms with Crippen LogP contribution in [-0.2, 0) is 9.59 Å². The summed E-state index contributed by atoms with van der Waals surface area (Å²) in [5.41, 5.74) is 2.86. The van der Waals surface area contributed by atoms with Gasteiger partial charge in [0.15, 0.2) is 0 Å². The minimum Gasteiger partial charge on any atom is -0.497 e. The van der Waals surface area contributed by atoms with E-state index in [2.05, 4.69) is 17.2 Å². The number of hydrogen-bond donors (Lipinski definition) is 3. The molecule has 0 aliphatic rings. The SMILES string of the molecule is CCCCNC.COc1ccc2[nH]c(C)c(N(CCCCCCCC(=O)O)C(C)=O)c2c1. The average Bonchev–Trinajstić information content (AvgIpc) is 3.08. The lowest BCUT2D eigenvalue weighted by molar-refractivity contribution is -0.137. The molecule has 2 rings (SSSR count). The summed E-state index contributed by atoms with van der Waals surface area (Å²) in [7, 11) is 3.61. The number of carboxylic acid groups (broad SMARTS) is 1. The second-order valence-electron chi connectivity index (χ2n) is 8.05. The second-order valence-corrected chi connectivity index (χ2v) is 8.05. The minimum absolute atomic E-state index is 0.0164. The van der Waals surface area contributed by atoms with Crippen LogP contribution in [0.4, 0.5) is 5.69 Å². The maximum Gasteiger partial charge on any atom is 0.303 e. The van der Waals surface area contributed by atoms with Crippen LogP contribution in [0.3, 0.4) is 0 Å². The van der Waals surface area contributed by atoms with Crippen LogP contribution in [0.15, 0.2) is 18.2 Å². The Kier molecular flexibility index (Phi) is 13.1. The lowest BCUT2D eigenvalue weighted by atomic mass is 10.1. The molecule has 0 spiro atoms. The van der Waals surface area contributed by atoms with Crippen LogP contribution < -0.4 is 15.0 Å². The normalized spacial score (nSPS) is 10.5. The zero-order valence-corrected chi connectivity index (χ0v) is 20.4. The standard InChI is InChI=1S/C20H28N2O4.C5H13N/c1-14-20(17-13-16(26-3)10-11-18(17)21-14)22(15(2)23)12-8-6-4-5-7-9-19(24)25;1-3-4-5-6-2/h10-11,13,21H,4-9,12H2,1-3H3,(H,24,25);6H,3-5H2,1-2H3. The van der Waals surface area contributed by atoms with Crippen molar-refractivity contribution >= 4 is 28.5 Å². The predicted molar refractivity (Wildman–Crippen MR) is 132 cm³/mol. The quantitative estimate of drug-likeness (QED) is 0.364. The number of aromatic amines is 1. The lowest BCUT2D eigenvalue weighted by Crippen LogP contribution is -2.29. The monoisotopic (exact) mass is 447 g/mol. The molecule has 1 aromatic carbocycles. The van der Waals surface area contributed by atoms with E-state index < -0.39 is 5.97 Å². The number of benzene rings is 1. The first-order chi connectivity index (χ1) is 15.3. The summed E-state index contributed by atoms with van der Waals surface area (Å²) in [6.07, 6.45) is 7.31. The fourth-order valence-electron chi connectivity index (χ4n) is 3.62. The van der Waals surface area contributed by atoms with Crippen molar-refractivity contribution in [1.82, 2.24) is 10.3 Å². The van der Waals surface area contributed by atoms with E-state index in [1.54, 1.807) is 14.0 Å². The Morgan fingerprint density at radius 2 is 1.81 bits per heavy atom. The molecule has 1 heterocycles. The van der Waals surface area contributed by atoms with Gasteiger partial charge in [0, 0.05) is 36.5 Å². The van der Waals surface area contributed by atoms with Gasteiger partial charge in [0.05, 0.1) is 12.8 Å². The molecule has 32 heavy (non-hydrogen) atoms. The number of hydrogen-bond acceptors (Lipinski definition) is 4. The van der Waals surface area contributed by atoms with Gasteiger partial charge in [-0.3, -0.25) is 9.59 Å². The molecule has 0 bridgehead atoms. The average molecular weight is 448 g/mol. The van der Waals surface area contributed by atoms with Gasteiger partial charge in [-0.25, -0.2) is 0 Å². The van der Waals surface area contributed by atoms with Crippen LogP contribution in [0.5, 0.6) is 5.75 Å². The van der Waals surface area contributed by atoms with E-state index in [4.69, 9.17) is 9.84 Å². The number of nitrogens with zero attached hydrogens (tertiary/aromatic N) is 1. The van der Waals surface area contributed by atoms with Crippen molar-refractivity contribution in [3.8, 4) is 5.75 Å². The molecule has 7 heteroatoms. The molecule has 1 aromatic heterocycles. The third kappa shape index (κ3) is 9.30. The molecule has 0 aliphatic carbocycles. The van der Waals surface area contributed by atoms with Crippen molar-refractivity contribution in [3.63, 3.8) is 0 Å². The molecule has 0 fully saturated rings. The maximum atomic E-state index is 12.2. The predicted octanol–water partition coefficient (Wildman–Crippen LogP) is 5.27. The number of methoxy groups -OCH3 is 1. The Balaban J connectivity index is 0.000000751. The number of fused-ring (bicyclic) bond motifs is 1. The van der Waals surface area contributed by atoms with Crippen LogP contribution in [0, 0.1) is 6.92 Å². The number of anilines is 1. The number of aliphatic carboxylic acids is 1. The largest absolute Gasteiger partial charge is 0.497 e. The zero-order chi connectivity index (χ0) is 23.9. The van der Waals surface area contributed by atoms with Gasteiger partial charge >= 0.3 is 5.97 Å². The number of carbonyl (C=O) groups excluding carboxylic acids is 1. The highest BCUT2D eigenvalue weighted by molar-refractivity contribution is 6.04. The van der Waals surface area contributed by atoms with Gasteiger partial charge in [-0.2, -0.15) is 0 Å². The molecule has 1 amide bonds. The highest BCUT2D eigenvalue weighted by Gasteiger charge is 2.19. The molecule has 2 aromatic rings. The number of carbonyl (C=O) groups is 2. The van der Waals surface area contributed by atoms with Crippen LogP contribution in [-0.4, -0.2) is 49.2 Å². The maximum absolute atomic E-state index is 12.2. The molecular formula is C25H41N3O4. The minimum atomic E-state index is -0.738. The van der Waals surface area contributed by atoms with Gasteiger partial charge in [-0.15, -0.1) is 0 Å². The van der Waals surface area contributed by atoms with Gasteiger partial charge in [-0.1, -0.05) is 32.6 Å². The number of ether oxygens (including phenoxy) is 1. The van der Waals surface area contributed by atoms with E-state index in [0.29, 0.717) is 13.0 Å². The number of amides is 1. The molecule has 0 aliphatic heterocycles. The first-order valence-corrected chi connectivity index (χ1v) is 11.7. The topological polar surface area (TPSA) is 94.7 Å². The lowest BCUT2D eigenvalue weighted by Gasteiger charge is -2.22. The number of carboxylic acids is 1. The van der Waals surface area contributed by atoms with Crippen LogP contribution in [0.25, 0.3) is 10.9 Å². The van der Waals surface area contributed by atoms with Gasteiger partial charge in [0.2, 0.25) is 5.91 Å². The summed E-state index contributed by atoms with van der Waals surface area (Å²) in [5.74, 6) is 0.0420. The number of rotatable bonds is 13. The Morgan fingerprint density at radius 3 is 2.38 bits per heavy atom. The summed E-state index contributed by atoms with van der Waals surface area (Å²) in [5, 5.41) is 12.7. The van der Waals surface area contributed by atoms with Crippen molar-refractivity contribution in [3.05, 3.63) is 23.9 Å². The molecule has 0 radical (unpaired) electrons. The highest BCUT2D eigenvalue weighted by Crippen LogP contribution is 2.33. The van der Waals surface area contributed by atoms with Crippen LogP contribution in [0.2, 0.25) is 0 Å². The Bertz CT molecular complexity index is 828. The molecule has 0 atom stereocenters. The van der Waals surface area contributed by atoms with Crippen LogP contribution in [0.1, 0.15) is 70.9 Å². The molecule has 0 unspecified atom stereocenters. The van der Waals surface area contributed by atoms with Gasteiger partial charge in [-0.05, 0) is 58.0 Å². The summed E-state index contributed by atoms with van der Waals surface area (Å²) in [6.45, 7) is 7.57. The van der Waals surface area contributed by atoms with Gasteiger partial charge in [0.1, 0.15) is 5.75 Å². The molecule has 7 nitrogen and oxygen atoms in total. The molecular weight excluding hydrogens is 406 g/mol. The molecule has 0 saturated carbocycles. The third-order valence-electron chi connectivity index (χ3n) is 5.36. The van der Waals surface area contributed by atoms with Crippen molar-refractivity contribution in [2.75, 3.05) is 32.1 Å². The number of unbranched alkanes of at least 4 members (excludes halogenated alkanes) is 5. The highest BCUT2D eigenvalue weighted by atomic mass is 16.5. The smallest absolute Gasteiger partial charge is 0.303 e. The number of aromatic nitrogens is 1. The van der Waals surface area contributed by atoms with E-state index in [0.717, 1.165) is 60.3 Å². The number of nitrogens with one attached hydrogen (secondary N) is 2. The summed E-state index contributed by atoms with van der Waals surface area (Å²) in [4.78, 5) is 27.9. The fraction of sp³-hybridized carbons (Fsp3) is 0.600. The second kappa shape index (κ2) is 15.3. The summed E-state index contributed by atoms with van der Waals surface area (Å²) in [6, 6.07) is 5.82. The fourth-order valence-corrected chi connectivity index (χ4v) is 3.62. The van der Waals surface area contributed by atoms with E-state index >= 15 is 0 Å². The van der Waals surface area contributed by atoms with Crippen molar-refractivity contribution in [1.29, 1.82) is 0 Å². The van der Waals surface area contributed by atoms with Crippen molar-refractivity contribution in [2.45, 2.75) is 72.1 Å². The van der Waals surface area contributed by atoms with E-state index in [-0.39, 0.29) is 12.3 Å².